The molecule has 0 aromatic heterocycles. The number of ether oxygens (including phenoxy) is 1. The first kappa shape index (κ1) is 14.2. The van der Waals surface area contributed by atoms with Gasteiger partial charge < -0.3 is 9.94 Å². The molecule has 0 amide bonds. The number of nitro benzene ring substituents is 1. The summed E-state index contributed by atoms with van der Waals surface area (Å²) in [4.78, 5) is 22.0. The minimum Gasteiger partial charge on any atom is -0.423 e. The van der Waals surface area contributed by atoms with Crippen molar-refractivity contribution in [1.82, 2.24) is 0 Å². The molecule has 0 heterocycles. The molecule has 0 atom stereocenters. The molecule has 7 heteroatoms. The minimum atomic E-state index is -0.692. The van der Waals surface area contributed by atoms with Gasteiger partial charge in [-0.15, -0.1) is 0 Å². The molecule has 106 valence electrons. The number of oxime groups is 1. The molecule has 0 unspecified atom stereocenters. The fourth-order valence-electron chi connectivity index (χ4n) is 1.60. The highest BCUT2D eigenvalue weighted by Gasteiger charge is 2.13. The smallest absolute Gasteiger partial charge is 0.343 e. The lowest BCUT2D eigenvalue weighted by Crippen LogP contribution is -2.08. The average molecular weight is 286 g/mol. The van der Waals surface area contributed by atoms with Crippen molar-refractivity contribution >= 4 is 17.9 Å². The molecule has 0 bridgehead atoms. The summed E-state index contributed by atoms with van der Waals surface area (Å²) in [6.07, 6.45) is 1.23. The van der Waals surface area contributed by atoms with Crippen molar-refractivity contribution < 1.29 is 19.7 Å². The van der Waals surface area contributed by atoms with Crippen LogP contribution in [0.2, 0.25) is 0 Å². The number of carbonyl (C=O) groups is 1. The first-order chi connectivity index (χ1) is 10.1. The van der Waals surface area contributed by atoms with Gasteiger partial charge in [0.1, 0.15) is 5.75 Å². The van der Waals surface area contributed by atoms with Crippen molar-refractivity contribution in [3.05, 3.63) is 69.8 Å². The molecule has 0 spiro atoms. The van der Waals surface area contributed by atoms with Crippen LogP contribution in [0.3, 0.4) is 0 Å². The van der Waals surface area contributed by atoms with Crippen LogP contribution in [-0.4, -0.2) is 22.3 Å². The molecule has 2 aromatic rings. The third-order valence-corrected chi connectivity index (χ3v) is 2.59. The lowest BCUT2D eigenvalue weighted by Gasteiger charge is -2.04. The van der Waals surface area contributed by atoms with Gasteiger partial charge in [0.2, 0.25) is 0 Å². The van der Waals surface area contributed by atoms with Crippen LogP contribution in [0.4, 0.5) is 5.69 Å². The van der Waals surface area contributed by atoms with Gasteiger partial charge in [-0.05, 0) is 35.9 Å². The van der Waals surface area contributed by atoms with E-state index in [1.54, 1.807) is 12.1 Å². The summed E-state index contributed by atoms with van der Waals surface area (Å²) >= 11 is 0. The van der Waals surface area contributed by atoms with Crippen LogP contribution >= 0.6 is 0 Å². The summed E-state index contributed by atoms with van der Waals surface area (Å²) in [7, 11) is 0. The summed E-state index contributed by atoms with van der Waals surface area (Å²) in [5.41, 5.74) is 0.539. The van der Waals surface area contributed by atoms with Crippen LogP contribution < -0.4 is 4.74 Å². The number of nitro groups is 1. The number of non-ortho nitro benzene ring substituents is 1. The van der Waals surface area contributed by atoms with Crippen molar-refractivity contribution in [2.75, 3.05) is 0 Å². The second-order valence-corrected chi connectivity index (χ2v) is 4.01. The van der Waals surface area contributed by atoms with E-state index in [0.717, 1.165) is 6.07 Å². The Morgan fingerprint density at radius 3 is 2.57 bits per heavy atom. The molecule has 21 heavy (non-hydrogen) atoms. The highest BCUT2D eigenvalue weighted by molar-refractivity contribution is 5.91. The molecule has 0 fully saturated rings. The van der Waals surface area contributed by atoms with Gasteiger partial charge >= 0.3 is 5.97 Å². The molecule has 0 aliphatic carbocycles. The van der Waals surface area contributed by atoms with Gasteiger partial charge in [-0.3, -0.25) is 10.1 Å². The Balaban J connectivity index is 2.14. The summed E-state index contributed by atoms with van der Waals surface area (Å²) in [5, 5.41) is 21.9. The molecule has 0 aliphatic rings. The van der Waals surface area contributed by atoms with Crippen LogP contribution in [0.1, 0.15) is 15.9 Å². The maximum atomic E-state index is 11.9. The van der Waals surface area contributed by atoms with Crippen LogP contribution in [0.5, 0.6) is 5.75 Å². The van der Waals surface area contributed by atoms with Crippen LogP contribution in [0.15, 0.2) is 53.7 Å². The second-order valence-electron chi connectivity index (χ2n) is 4.01. The van der Waals surface area contributed by atoms with Crippen LogP contribution in [0, 0.1) is 10.1 Å². The summed E-state index contributed by atoms with van der Waals surface area (Å²) in [6, 6.07) is 11.5. The number of carbonyl (C=O) groups excluding carboxylic acids is 1. The Bertz CT molecular complexity index is 695. The molecule has 1 N–H and O–H groups in total. The second kappa shape index (κ2) is 6.29. The molecule has 2 rings (SSSR count). The number of rotatable bonds is 4. The Morgan fingerprint density at radius 1 is 1.24 bits per heavy atom. The van der Waals surface area contributed by atoms with E-state index in [4.69, 9.17) is 9.94 Å². The Hall–Kier alpha value is -3.22. The summed E-state index contributed by atoms with van der Waals surface area (Å²) in [5.74, 6) is -0.413. The van der Waals surface area contributed by atoms with E-state index in [0.29, 0.717) is 5.56 Å². The van der Waals surface area contributed by atoms with E-state index in [9.17, 15) is 14.9 Å². The maximum absolute atomic E-state index is 11.9. The predicted molar refractivity (Wildman–Crippen MR) is 73.9 cm³/mol. The zero-order valence-corrected chi connectivity index (χ0v) is 10.7. The molecule has 7 nitrogen and oxygen atoms in total. The quantitative estimate of drug-likeness (QED) is 0.232. The van der Waals surface area contributed by atoms with E-state index in [2.05, 4.69) is 5.16 Å². The van der Waals surface area contributed by atoms with E-state index in [-0.39, 0.29) is 17.0 Å². The van der Waals surface area contributed by atoms with Gasteiger partial charge in [0.15, 0.2) is 0 Å². The number of hydrogen-bond donors (Lipinski definition) is 1. The number of benzene rings is 2. The molecule has 0 saturated carbocycles. The highest BCUT2D eigenvalue weighted by atomic mass is 16.6. The fourth-order valence-corrected chi connectivity index (χ4v) is 1.60. The van der Waals surface area contributed by atoms with Gasteiger partial charge in [-0.1, -0.05) is 11.2 Å². The molecule has 0 saturated heterocycles. The Kier molecular flexibility index (Phi) is 4.25. The fraction of sp³-hybridized carbons (Fsp3) is 0. The standard InChI is InChI=1S/C14H10N2O5/c17-14(11-2-1-3-12(8-11)16(19)20)21-13-6-4-10(5-7-13)9-15-18/h1-9,18H. The van der Waals surface area contributed by atoms with E-state index in [1.165, 1.54) is 36.5 Å². The lowest BCUT2D eigenvalue weighted by molar-refractivity contribution is -0.384. The van der Waals surface area contributed by atoms with Gasteiger partial charge in [0.25, 0.3) is 5.69 Å². The third-order valence-electron chi connectivity index (χ3n) is 2.59. The molecular weight excluding hydrogens is 276 g/mol. The summed E-state index contributed by atoms with van der Waals surface area (Å²) < 4.78 is 5.10. The third kappa shape index (κ3) is 3.63. The SMILES string of the molecule is O=C(Oc1ccc(C=NO)cc1)c1cccc([N+](=O)[O-])c1. The predicted octanol–water partition coefficient (Wildman–Crippen LogP) is 2.62. The van der Waals surface area contributed by atoms with E-state index >= 15 is 0 Å². The average Bonchev–Trinajstić information content (AvgIpc) is 2.49. The topological polar surface area (TPSA) is 102 Å². The Labute approximate surface area is 119 Å². The molecular formula is C14H10N2O5. The largest absolute Gasteiger partial charge is 0.423 e. The van der Waals surface area contributed by atoms with Crippen molar-refractivity contribution in [2.45, 2.75) is 0 Å². The Morgan fingerprint density at radius 2 is 1.95 bits per heavy atom. The first-order valence-electron chi connectivity index (χ1n) is 5.84. The monoisotopic (exact) mass is 286 g/mol. The van der Waals surface area contributed by atoms with Gasteiger partial charge in [0, 0.05) is 12.1 Å². The highest BCUT2D eigenvalue weighted by Crippen LogP contribution is 2.17. The molecule has 0 radical (unpaired) electrons. The normalized spacial score (nSPS) is 10.5. The first-order valence-corrected chi connectivity index (χ1v) is 5.84. The van der Waals surface area contributed by atoms with Crippen LogP contribution in [-0.2, 0) is 0 Å². The number of hydrogen-bond acceptors (Lipinski definition) is 6. The van der Waals surface area contributed by atoms with Crippen molar-refractivity contribution in [3.63, 3.8) is 0 Å². The maximum Gasteiger partial charge on any atom is 0.343 e. The number of esters is 1. The van der Waals surface area contributed by atoms with Crippen molar-refractivity contribution in [1.29, 1.82) is 0 Å². The van der Waals surface area contributed by atoms with Crippen LogP contribution in [0.25, 0.3) is 0 Å². The lowest BCUT2D eigenvalue weighted by atomic mass is 10.2. The van der Waals surface area contributed by atoms with Gasteiger partial charge in [-0.25, -0.2) is 4.79 Å². The summed E-state index contributed by atoms with van der Waals surface area (Å²) in [6.45, 7) is 0. The zero-order chi connectivity index (χ0) is 15.2. The van der Waals surface area contributed by atoms with Crippen molar-refractivity contribution in [3.8, 4) is 5.75 Å². The zero-order valence-electron chi connectivity index (χ0n) is 10.7. The molecule has 2 aromatic carbocycles. The minimum absolute atomic E-state index is 0.0881. The van der Waals surface area contributed by atoms with Crippen molar-refractivity contribution in [2.24, 2.45) is 5.16 Å². The van der Waals surface area contributed by atoms with Gasteiger partial charge in [-0.2, -0.15) is 0 Å². The number of nitrogens with zero attached hydrogens (tertiary/aromatic N) is 2. The van der Waals surface area contributed by atoms with E-state index < -0.39 is 10.9 Å². The van der Waals surface area contributed by atoms with Gasteiger partial charge in [0.05, 0.1) is 16.7 Å². The molecule has 0 aliphatic heterocycles. The van der Waals surface area contributed by atoms with E-state index in [1.807, 2.05) is 0 Å².